The minimum Gasteiger partial charge on any atom is -0.498 e. The number of hydrogen-bond donors (Lipinski definition) is 2. The second-order valence-corrected chi connectivity index (χ2v) is 3.44. The zero-order valence-corrected chi connectivity index (χ0v) is 9.40. The highest BCUT2D eigenvalue weighted by Gasteiger charge is 2.40. The van der Waals surface area contributed by atoms with Gasteiger partial charge in [0.25, 0.3) is 0 Å². The van der Waals surface area contributed by atoms with Crippen molar-refractivity contribution in [1.29, 1.82) is 0 Å². The molecule has 0 aromatic heterocycles. The molecule has 1 aliphatic rings. The van der Waals surface area contributed by atoms with Crippen LogP contribution in [-0.4, -0.2) is 38.3 Å². The van der Waals surface area contributed by atoms with Crippen molar-refractivity contribution in [3.05, 3.63) is 29.6 Å². The number of ether oxygens (including phenoxy) is 2. The number of nitrogens with two attached hydrogens (primary N) is 2. The third-order valence-electron chi connectivity index (χ3n) is 2.66. The Labute approximate surface area is 94.4 Å². The SMILES string of the molecule is COC1=CC(=C=O)C=C[C@]1(OC)[C@H](N)CN. The van der Waals surface area contributed by atoms with E-state index in [4.69, 9.17) is 20.9 Å². The van der Waals surface area contributed by atoms with E-state index < -0.39 is 11.6 Å². The van der Waals surface area contributed by atoms with Gasteiger partial charge in [-0.3, -0.25) is 0 Å². The summed E-state index contributed by atoms with van der Waals surface area (Å²) < 4.78 is 10.6. The molecule has 0 saturated heterocycles. The maximum Gasteiger partial charge on any atom is 0.159 e. The molecule has 0 saturated carbocycles. The first kappa shape index (κ1) is 12.7. The number of allylic oxidation sites excluding steroid dienone is 3. The lowest BCUT2D eigenvalue weighted by molar-refractivity contribution is 0.000287. The van der Waals surface area contributed by atoms with Gasteiger partial charge in [-0.15, -0.1) is 0 Å². The van der Waals surface area contributed by atoms with Crippen LogP contribution in [0.5, 0.6) is 0 Å². The van der Waals surface area contributed by atoms with Crippen LogP contribution in [0.1, 0.15) is 0 Å². The fourth-order valence-electron chi connectivity index (χ4n) is 1.68. The summed E-state index contributed by atoms with van der Waals surface area (Å²) in [5.74, 6) is 2.24. The van der Waals surface area contributed by atoms with Gasteiger partial charge in [0.2, 0.25) is 0 Å². The standard InChI is InChI=1S/C11H16N2O3/c1-15-10-5-8(7-14)3-4-11(10,16-2)9(13)6-12/h3-5,9H,6,12-13H2,1-2H3/t9-,11+/m1/s1. The van der Waals surface area contributed by atoms with E-state index >= 15 is 0 Å². The minimum atomic E-state index is -0.913. The normalized spacial score (nSPS) is 26.0. The molecule has 0 spiro atoms. The van der Waals surface area contributed by atoms with Crippen molar-refractivity contribution in [2.24, 2.45) is 11.5 Å². The number of methoxy groups -OCH3 is 2. The average molecular weight is 224 g/mol. The third-order valence-corrected chi connectivity index (χ3v) is 2.66. The van der Waals surface area contributed by atoms with Crippen molar-refractivity contribution in [3.8, 4) is 0 Å². The van der Waals surface area contributed by atoms with Crippen molar-refractivity contribution in [2.45, 2.75) is 11.6 Å². The van der Waals surface area contributed by atoms with E-state index in [0.717, 1.165) is 0 Å². The van der Waals surface area contributed by atoms with Gasteiger partial charge < -0.3 is 20.9 Å². The quantitative estimate of drug-likeness (QED) is 0.629. The molecule has 16 heavy (non-hydrogen) atoms. The Bertz CT molecular complexity index is 369. The molecule has 0 bridgehead atoms. The van der Waals surface area contributed by atoms with Crippen LogP contribution in [-0.2, 0) is 14.3 Å². The molecule has 5 nitrogen and oxygen atoms in total. The Morgan fingerprint density at radius 1 is 1.56 bits per heavy atom. The second kappa shape index (κ2) is 5.09. The molecule has 0 aromatic carbocycles. The lowest BCUT2D eigenvalue weighted by atomic mass is 9.86. The molecular formula is C11H16N2O3. The van der Waals surface area contributed by atoms with E-state index in [9.17, 15) is 4.79 Å². The zero-order chi connectivity index (χ0) is 12.2. The van der Waals surface area contributed by atoms with Gasteiger partial charge >= 0.3 is 0 Å². The molecule has 88 valence electrons. The van der Waals surface area contributed by atoms with Gasteiger partial charge in [-0.2, -0.15) is 0 Å². The Morgan fingerprint density at radius 2 is 2.25 bits per heavy atom. The molecule has 0 heterocycles. The summed E-state index contributed by atoms with van der Waals surface area (Å²) in [6, 6.07) is -0.451. The molecule has 2 atom stereocenters. The Kier molecular flexibility index (Phi) is 4.04. The van der Waals surface area contributed by atoms with Gasteiger partial charge in [0, 0.05) is 13.7 Å². The number of rotatable bonds is 4. The summed E-state index contributed by atoms with van der Waals surface area (Å²) in [5.41, 5.74) is 10.9. The summed E-state index contributed by atoms with van der Waals surface area (Å²) >= 11 is 0. The van der Waals surface area contributed by atoms with E-state index in [0.29, 0.717) is 11.3 Å². The highest BCUT2D eigenvalue weighted by Crippen LogP contribution is 2.31. The van der Waals surface area contributed by atoms with Crippen molar-refractivity contribution in [1.82, 2.24) is 0 Å². The molecule has 0 unspecified atom stereocenters. The van der Waals surface area contributed by atoms with Crippen LogP contribution in [0.2, 0.25) is 0 Å². The molecule has 0 amide bonds. The second-order valence-electron chi connectivity index (χ2n) is 3.44. The van der Waals surface area contributed by atoms with Crippen molar-refractivity contribution < 1.29 is 14.3 Å². The van der Waals surface area contributed by atoms with Crippen molar-refractivity contribution in [3.63, 3.8) is 0 Å². The first-order valence-electron chi connectivity index (χ1n) is 4.86. The van der Waals surface area contributed by atoms with Crippen molar-refractivity contribution in [2.75, 3.05) is 20.8 Å². The van der Waals surface area contributed by atoms with E-state index in [2.05, 4.69) is 0 Å². The van der Waals surface area contributed by atoms with Crippen LogP contribution in [0.15, 0.2) is 29.6 Å². The topological polar surface area (TPSA) is 87.6 Å². The molecular weight excluding hydrogens is 208 g/mol. The first-order valence-corrected chi connectivity index (χ1v) is 4.86. The molecule has 0 radical (unpaired) electrons. The first-order chi connectivity index (χ1) is 7.64. The molecule has 5 heteroatoms. The fourth-order valence-corrected chi connectivity index (χ4v) is 1.68. The number of carbonyl (C=O) groups excluding carboxylic acids is 1. The van der Waals surface area contributed by atoms with Crippen molar-refractivity contribution >= 4 is 5.94 Å². The monoisotopic (exact) mass is 224 g/mol. The van der Waals surface area contributed by atoms with E-state index in [1.807, 2.05) is 0 Å². The van der Waals surface area contributed by atoms with Gasteiger partial charge in [0.1, 0.15) is 11.7 Å². The summed E-state index contributed by atoms with van der Waals surface area (Å²) in [6.45, 7) is 0.235. The zero-order valence-electron chi connectivity index (χ0n) is 9.40. The summed E-state index contributed by atoms with van der Waals surface area (Å²) in [5, 5.41) is 0. The predicted molar refractivity (Wildman–Crippen MR) is 60.2 cm³/mol. The van der Waals surface area contributed by atoms with E-state index in [1.165, 1.54) is 14.2 Å². The van der Waals surface area contributed by atoms with E-state index in [-0.39, 0.29) is 6.54 Å². The van der Waals surface area contributed by atoms with Gasteiger partial charge in [-0.1, -0.05) is 0 Å². The maximum atomic E-state index is 10.5. The molecule has 0 aliphatic heterocycles. The number of hydrogen-bond acceptors (Lipinski definition) is 5. The van der Waals surface area contributed by atoms with Gasteiger partial charge in [0.05, 0.1) is 18.7 Å². The largest absolute Gasteiger partial charge is 0.498 e. The Hall–Kier alpha value is -1.39. The van der Waals surface area contributed by atoms with Gasteiger partial charge in [-0.05, 0) is 18.2 Å². The predicted octanol–water partition coefficient (Wildman–Crippen LogP) is -0.484. The lowest BCUT2D eigenvalue weighted by Gasteiger charge is -2.37. The average Bonchev–Trinajstić information content (AvgIpc) is 2.36. The van der Waals surface area contributed by atoms with E-state index in [1.54, 1.807) is 24.2 Å². The van der Waals surface area contributed by atoms with Crippen LogP contribution >= 0.6 is 0 Å². The fraction of sp³-hybridized carbons (Fsp3) is 0.455. The van der Waals surface area contributed by atoms with Crippen LogP contribution in [0.25, 0.3) is 0 Å². The highest BCUT2D eigenvalue weighted by atomic mass is 16.5. The van der Waals surface area contributed by atoms with Crippen LogP contribution < -0.4 is 11.5 Å². The third kappa shape index (κ3) is 1.94. The molecule has 1 aliphatic carbocycles. The molecule has 0 fully saturated rings. The Morgan fingerprint density at radius 3 is 2.69 bits per heavy atom. The molecule has 4 N–H and O–H groups in total. The lowest BCUT2D eigenvalue weighted by Crippen LogP contribution is -2.54. The highest BCUT2D eigenvalue weighted by molar-refractivity contribution is 5.65. The summed E-state index contributed by atoms with van der Waals surface area (Å²) in [4.78, 5) is 10.5. The van der Waals surface area contributed by atoms with Crippen LogP contribution in [0.4, 0.5) is 0 Å². The van der Waals surface area contributed by atoms with Crippen LogP contribution in [0, 0.1) is 0 Å². The smallest absolute Gasteiger partial charge is 0.159 e. The van der Waals surface area contributed by atoms with Crippen LogP contribution in [0.3, 0.4) is 0 Å². The Balaban J connectivity index is 3.21. The van der Waals surface area contributed by atoms with Gasteiger partial charge in [0.15, 0.2) is 5.60 Å². The summed E-state index contributed by atoms with van der Waals surface area (Å²) in [6.07, 6.45) is 4.81. The molecule has 0 aromatic rings. The summed E-state index contributed by atoms with van der Waals surface area (Å²) in [7, 11) is 3.01. The minimum absolute atomic E-state index is 0.235. The molecule has 1 rings (SSSR count). The van der Waals surface area contributed by atoms with Gasteiger partial charge in [-0.25, -0.2) is 4.79 Å². The maximum absolute atomic E-state index is 10.5.